The molecule has 5 nitrogen and oxygen atoms in total. The van der Waals surface area contributed by atoms with Gasteiger partial charge in [-0.15, -0.1) is 0 Å². The fourth-order valence-electron chi connectivity index (χ4n) is 2.72. The zero-order chi connectivity index (χ0) is 13.7. The first-order valence-corrected chi connectivity index (χ1v) is 6.81. The van der Waals surface area contributed by atoms with Crippen LogP contribution in [0, 0.1) is 5.92 Å². The standard InChI is InChI=1S/C14H22N2O3/c1-18-14(17)12-5-8-19-13(12)10-16-7-2-3-11(9-16)4-6-15/h5,8,11H,2-4,6-7,9-10,15H2,1H3. The number of carbonyl (C=O) groups is 1. The lowest BCUT2D eigenvalue weighted by Gasteiger charge is -2.32. The van der Waals surface area contributed by atoms with Gasteiger partial charge in [-0.05, 0) is 44.3 Å². The largest absolute Gasteiger partial charge is 0.467 e. The van der Waals surface area contributed by atoms with Crippen molar-refractivity contribution in [2.45, 2.75) is 25.8 Å². The number of hydrogen-bond donors (Lipinski definition) is 1. The van der Waals surface area contributed by atoms with E-state index in [1.807, 2.05) is 0 Å². The van der Waals surface area contributed by atoms with E-state index in [-0.39, 0.29) is 5.97 Å². The Bertz CT molecular complexity index is 415. The van der Waals surface area contributed by atoms with Gasteiger partial charge in [-0.25, -0.2) is 4.79 Å². The van der Waals surface area contributed by atoms with Gasteiger partial charge in [0.1, 0.15) is 11.3 Å². The predicted molar refractivity (Wildman–Crippen MR) is 71.7 cm³/mol. The van der Waals surface area contributed by atoms with Crippen molar-refractivity contribution in [2.75, 3.05) is 26.7 Å². The smallest absolute Gasteiger partial charge is 0.341 e. The van der Waals surface area contributed by atoms with Crippen molar-refractivity contribution in [1.29, 1.82) is 0 Å². The summed E-state index contributed by atoms with van der Waals surface area (Å²) < 4.78 is 10.2. The van der Waals surface area contributed by atoms with E-state index < -0.39 is 0 Å². The minimum atomic E-state index is -0.334. The number of ether oxygens (including phenoxy) is 1. The maximum absolute atomic E-state index is 11.6. The number of methoxy groups -OCH3 is 1. The lowest BCUT2D eigenvalue weighted by Crippen LogP contribution is -2.35. The second-order valence-electron chi connectivity index (χ2n) is 5.07. The number of piperidine rings is 1. The van der Waals surface area contributed by atoms with Crippen molar-refractivity contribution in [3.8, 4) is 0 Å². The van der Waals surface area contributed by atoms with E-state index in [0.29, 0.717) is 23.8 Å². The van der Waals surface area contributed by atoms with Crippen LogP contribution in [-0.2, 0) is 11.3 Å². The van der Waals surface area contributed by atoms with Crippen LogP contribution in [0.15, 0.2) is 16.7 Å². The molecule has 2 heterocycles. The van der Waals surface area contributed by atoms with E-state index in [0.717, 1.165) is 26.1 Å². The maximum Gasteiger partial charge on any atom is 0.341 e. The Labute approximate surface area is 113 Å². The van der Waals surface area contributed by atoms with Crippen molar-refractivity contribution in [1.82, 2.24) is 4.90 Å². The molecule has 1 aliphatic heterocycles. The molecule has 19 heavy (non-hydrogen) atoms. The Morgan fingerprint density at radius 2 is 2.47 bits per heavy atom. The number of esters is 1. The van der Waals surface area contributed by atoms with Gasteiger partial charge in [-0.3, -0.25) is 4.90 Å². The third kappa shape index (κ3) is 3.58. The summed E-state index contributed by atoms with van der Waals surface area (Å²) in [5, 5.41) is 0. The van der Waals surface area contributed by atoms with E-state index in [4.69, 9.17) is 14.9 Å². The molecule has 106 valence electrons. The monoisotopic (exact) mass is 266 g/mol. The van der Waals surface area contributed by atoms with Crippen LogP contribution in [0.3, 0.4) is 0 Å². The molecule has 1 atom stereocenters. The number of nitrogens with two attached hydrogens (primary N) is 1. The molecule has 1 aliphatic rings. The molecule has 0 aliphatic carbocycles. The number of hydrogen-bond acceptors (Lipinski definition) is 5. The van der Waals surface area contributed by atoms with E-state index in [9.17, 15) is 4.79 Å². The van der Waals surface area contributed by atoms with Crippen LogP contribution < -0.4 is 5.73 Å². The zero-order valence-corrected chi connectivity index (χ0v) is 11.4. The Hall–Kier alpha value is -1.33. The van der Waals surface area contributed by atoms with Crippen LogP contribution in [0.2, 0.25) is 0 Å². The molecule has 1 aromatic rings. The van der Waals surface area contributed by atoms with Crippen LogP contribution in [0.5, 0.6) is 0 Å². The number of rotatable bonds is 5. The second-order valence-corrected chi connectivity index (χ2v) is 5.07. The van der Waals surface area contributed by atoms with Crippen LogP contribution in [0.1, 0.15) is 35.4 Å². The Balaban J connectivity index is 1.97. The molecule has 1 saturated heterocycles. The van der Waals surface area contributed by atoms with E-state index in [1.165, 1.54) is 20.0 Å². The first kappa shape index (κ1) is 14.1. The molecule has 0 aromatic carbocycles. The third-order valence-electron chi connectivity index (χ3n) is 3.70. The van der Waals surface area contributed by atoms with E-state index in [2.05, 4.69) is 4.90 Å². The lowest BCUT2D eigenvalue weighted by molar-refractivity contribution is 0.0595. The number of likely N-dealkylation sites (tertiary alicyclic amines) is 1. The molecule has 1 aromatic heterocycles. The predicted octanol–water partition coefficient (Wildman–Crippen LogP) is 1.63. The van der Waals surface area contributed by atoms with Gasteiger partial charge < -0.3 is 14.9 Å². The first-order chi connectivity index (χ1) is 9.24. The summed E-state index contributed by atoms with van der Waals surface area (Å²) >= 11 is 0. The summed E-state index contributed by atoms with van der Waals surface area (Å²) in [4.78, 5) is 13.9. The van der Waals surface area contributed by atoms with Crippen molar-refractivity contribution < 1.29 is 13.9 Å². The quantitative estimate of drug-likeness (QED) is 0.820. The minimum absolute atomic E-state index is 0.334. The first-order valence-electron chi connectivity index (χ1n) is 6.81. The second kappa shape index (κ2) is 6.73. The molecular formula is C14H22N2O3. The van der Waals surface area contributed by atoms with Gasteiger partial charge in [0, 0.05) is 6.54 Å². The van der Waals surface area contributed by atoms with Crippen LogP contribution in [0.25, 0.3) is 0 Å². The highest BCUT2D eigenvalue weighted by Gasteiger charge is 2.23. The van der Waals surface area contributed by atoms with Gasteiger partial charge in [-0.2, -0.15) is 0 Å². The topological polar surface area (TPSA) is 68.7 Å². The minimum Gasteiger partial charge on any atom is -0.467 e. The summed E-state index contributed by atoms with van der Waals surface area (Å²) in [6.07, 6.45) is 5.04. The molecule has 0 bridgehead atoms. The Morgan fingerprint density at radius 1 is 1.63 bits per heavy atom. The Morgan fingerprint density at radius 3 is 3.21 bits per heavy atom. The van der Waals surface area contributed by atoms with Gasteiger partial charge in [0.2, 0.25) is 0 Å². The molecule has 2 rings (SSSR count). The molecule has 2 N–H and O–H groups in total. The summed E-state index contributed by atoms with van der Waals surface area (Å²) in [6, 6.07) is 1.67. The summed E-state index contributed by atoms with van der Waals surface area (Å²) in [7, 11) is 1.39. The van der Waals surface area contributed by atoms with Gasteiger partial charge in [-0.1, -0.05) is 0 Å². The molecule has 0 amide bonds. The molecule has 1 unspecified atom stereocenters. The maximum atomic E-state index is 11.6. The molecule has 5 heteroatoms. The summed E-state index contributed by atoms with van der Waals surface area (Å²) in [5.74, 6) is 1.02. The zero-order valence-electron chi connectivity index (χ0n) is 11.4. The van der Waals surface area contributed by atoms with Crippen molar-refractivity contribution in [3.63, 3.8) is 0 Å². The Kier molecular flexibility index (Phi) is 4.99. The van der Waals surface area contributed by atoms with Gasteiger partial charge in [0.25, 0.3) is 0 Å². The fourth-order valence-corrected chi connectivity index (χ4v) is 2.72. The van der Waals surface area contributed by atoms with Crippen LogP contribution >= 0.6 is 0 Å². The van der Waals surface area contributed by atoms with Gasteiger partial charge in [0.15, 0.2) is 0 Å². The third-order valence-corrected chi connectivity index (χ3v) is 3.70. The summed E-state index contributed by atoms with van der Waals surface area (Å²) in [6.45, 7) is 3.48. The molecule has 0 saturated carbocycles. The van der Waals surface area contributed by atoms with Crippen molar-refractivity contribution in [3.05, 3.63) is 23.7 Å². The average Bonchev–Trinajstić information content (AvgIpc) is 2.87. The number of furan rings is 1. The van der Waals surface area contributed by atoms with Crippen LogP contribution in [-0.4, -0.2) is 37.6 Å². The van der Waals surface area contributed by atoms with Crippen LogP contribution in [0.4, 0.5) is 0 Å². The molecular weight excluding hydrogens is 244 g/mol. The number of carbonyl (C=O) groups excluding carboxylic acids is 1. The average molecular weight is 266 g/mol. The highest BCUT2D eigenvalue weighted by atomic mass is 16.5. The normalized spacial score (nSPS) is 20.4. The SMILES string of the molecule is COC(=O)c1ccoc1CN1CCCC(CCN)C1. The van der Waals surface area contributed by atoms with E-state index >= 15 is 0 Å². The molecule has 1 fully saturated rings. The highest BCUT2D eigenvalue weighted by Crippen LogP contribution is 2.22. The van der Waals surface area contributed by atoms with Gasteiger partial charge in [0.05, 0.1) is 19.9 Å². The number of nitrogens with zero attached hydrogens (tertiary/aromatic N) is 1. The highest BCUT2D eigenvalue weighted by molar-refractivity contribution is 5.90. The summed E-state index contributed by atoms with van der Waals surface area (Å²) in [5.41, 5.74) is 6.16. The lowest BCUT2D eigenvalue weighted by atomic mass is 9.95. The van der Waals surface area contributed by atoms with Crippen molar-refractivity contribution >= 4 is 5.97 Å². The van der Waals surface area contributed by atoms with Crippen molar-refractivity contribution in [2.24, 2.45) is 11.7 Å². The van der Waals surface area contributed by atoms with Gasteiger partial charge >= 0.3 is 5.97 Å². The fraction of sp³-hybridized carbons (Fsp3) is 0.643. The van der Waals surface area contributed by atoms with E-state index in [1.54, 1.807) is 12.3 Å². The molecule has 0 radical (unpaired) electrons. The molecule has 0 spiro atoms.